The van der Waals surface area contributed by atoms with Crippen LogP contribution < -0.4 is 5.73 Å². The minimum atomic E-state index is -4.42. The molecule has 0 aliphatic heterocycles. The first-order valence-corrected chi connectivity index (χ1v) is 6.26. The molecule has 0 saturated heterocycles. The molecule has 3 nitrogen and oxygen atoms in total. The average Bonchev–Trinajstić information content (AvgIpc) is 2.68. The first-order chi connectivity index (χ1) is 9.32. The third-order valence-corrected chi connectivity index (χ3v) is 3.04. The van der Waals surface area contributed by atoms with Crippen molar-refractivity contribution in [2.24, 2.45) is 5.73 Å². The Morgan fingerprint density at radius 1 is 1.20 bits per heavy atom. The topological polar surface area (TPSA) is 43.8 Å². The Morgan fingerprint density at radius 3 is 2.40 bits per heavy atom. The van der Waals surface area contributed by atoms with Gasteiger partial charge in [0.1, 0.15) is 0 Å². The van der Waals surface area contributed by atoms with E-state index in [1.807, 2.05) is 0 Å². The molecule has 6 heteroatoms. The van der Waals surface area contributed by atoms with Gasteiger partial charge in [0, 0.05) is 5.69 Å². The van der Waals surface area contributed by atoms with E-state index in [0.29, 0.717) is 29.9 Å². The number of hydrogen-bond donors (Lipinski definition) is 1. The summed E-state index contributed by atoms with van der Waals surface area (Å²) in [5, 5.41) is 4.12. The second-order valence-corrected chi connectivity index (χ2v) is 4.73. The Kier molecular flexibility index (Phi) is 3.85. The Labute approximate surface area is 115 Å². The van der Waals surface area contributed by atoms with Gasteiger partial charge in [0.25, 0.3) is 0 Å². The number of aromatic nitrogens is 2. The number of halogens is 3. The van der Waals surface area contributed by atoms with E-state index in [0.717, 1.165) is 6.07 Å². The van der Waals surface area contributed by atoms with E-state index in [1.54, 1.807) is 26.0 Å². The molecule has 1 aromatic heterocycles. The summed E-state index contributed by atoms with van der Waals surface area (Å²) < 4.78 is 41.0. The first-order valence-electron chi connectivity index (χ1n) is 6.26. The van der Waals surface area contributed by atoms with Crippen molar-refractivity contribution in [3.05, 3.63) is 46.8 Å². The van der Waals surface area contributed by atoms with Gasteiger partial charge in [0.2, 0.25) is 0 Å². The van der Waals surface area contributed by atoms with Gasteiger partial charge in [-0.1, -0.05) is 6.07 Å². The molecule has 2 rings (SSSR count). The molecule has 0 spiro atoms. The zero-order valence-corrected chi connectivity index (χ0v) is 11.3. The van der Waals surface area contributed by atoms with Crippen LogP contribution in [0.3, 0.4) is 0 Å². The smallest absolute Gasteiger partial charge is 0.330 e. The second-order valence-electron chi connectivity index (χ2n) is 4.73. The number of benzene rings is 1. The first kappa shape index (κ1) is 14.6. The number of rotatable bonds is 3. The Morgan fingerprint density at radius 2 is 1.90 bits per heavy atom. The summed E-state index contributed by atoms with van der Waals surface area (Å²) in [5.41, 5.74) is 6.68. The molecule has 0 saturated carbocycles. The number of aryl methyl sites for hydroxylation is 2. The molecule has 0 radical (unpaired) electrons. The van der Waals surface area contributed by atoms with Crippen molar-refractivity contribution >= 4 is 0 Å². The highest BCUT2D eigenvalue weighted by atomic mass is 19.4. The molecule has 1 aromatic carbocycles. The van der Waals surface area contributed by atoms with Crippen molar-refractivity contribution in [1.29, 1.82) is 0 Å². The second kappa shape index (κ2) is 5.28. The zero-order chi connectivity index (χ0) is 14.9. The molecular formula is C14H16F3N3. The van der Waals surface area contributed by atoms with Crippen LogP contribution >= 0.6 is 0 Å². The van der Waals surface area contributed by atoms with Crippen LogP contribution in [0.4, 0.5) is 13.2 Å². The number of nitrogens with zero attached hydrogens (tertiary/aromatic N) is 2. The van der Waals surface area contributed by atoms with E-state index >= 15 is 0 Å². The van der Waals surface area contributed by atoms with E-state index in [1.165, 1.54) is 10.7 Å². The maximum absolute atomic E-state index is 13.2. The molecule has 0 aliphatic carbocycles. The van der Waals surface area contributed by atoms with Crippen molar-refractivity contribution in [1.82, 2.24) is 9.78 Å². The van der Waals surface area contributed by atoms with Crippen molar-refractivity contribution in [3.8, 4) is 5.69 Å². The zero-order valence-electron chi connectivity index (χ0n) is 11.3. The SMILES string of the molecule is Cc1cc(C)n(-c2ccc(CCN)cc2C(F)(F)F)n1. The molecule has 20 heavy (non-hydrogen) atoms. The van der Waals surface area contributed by atoms with Crippen molar-refractivity contribution in [2.45, 2.75) is 26.4 Å². The molecular weight excluding hydrogens is 267 g/mol. The van der Waals surface area contributed by atoms with Crippen LogP contribution in [-0.4, -0.2) is 16.3 Å². The number of alkyl halides is 3. The lowest BCUT2D eigenvalue weighted by molar-refractivity contribution is -0.137. The van der Waals surface area contributed by atoms with Crippen molar-refractivity contribution < 1.29 is 13.2 Å². The van der Waals surface area contributed by atoms with Crippen LogP contribution in [0.1, 0.15) is 22.5 Å². The molecule has 2 aromatic rings. The molecule has 0 aliphatic rings. The predicted octanol–water partition coefficient (Wildman–Crippen LogP) is 3.01. The molecule has 2 N–H and O–H groups in total. The highest BCUT2D eigenvalue weighted by molar-refractivity contribution is 5.46. The molecule has 0 amide bonds. The van der Waals surface area contributed by atoms with Gasteiger partial charge in [-0.15, -0.1) is 0 Å². The van der Waals surface area contributed by atoms with Gasteiger partial charge in [-0.2, -0.15) is 18.3 Å². The molecule has 0 unspecified atom stereocenters. The minimum absolute atomic E-state index is 0.0453. The minimum Gasteiger partial charge on any atom is -0.330 e. The van der Waals surface area contributed by atoms with Gasteiger partial charge in [-0.05, 0) is 50.6 Å². The summed E-state index contributed by atoms with van der Waals surface area (Å²) in [6.07, 6.45) is -4.01. The largest absolute Gasteiger partial charge is 0.418 e. The fourth-order valence-electron chi connectivity index (χ4n) is 2.19. The molecule has 0 bridgehead atoms. The summed E-state index contributed by atoms with van der Waals surface area (Å²) in [7, 11) is 0. The van der Waals surface area contributed by atoms with Gasteiger partial charge < -0.3 is 5.73 Å². The van der Waals surface area contributed by atoms with E-state index < -0.39 is 11.7 Å². The fraction of sp³-hybridized carbons (Fsp3) is 0.357. The van der Waals surface area contributed by atoms with Crippen LogP contribution in [0.5, 0.6) is 0 Å². The molecule has 108 valence electrons. The number of nitrogens with two attached hydrogens (primary N) is 1. The third-order valence-electron chi connectivity index (χ3n) is 3.04. The third kappa shape index (κ3) is 2.85. The summed E-state index contributed by atoms with van der Waals surface area (Å²) in [5.74, 6) is 0. The summed E-state index contributed by atoms with van der Waals surface area (Å²) >= 11 is 0. The molecule has 0 atom stereocenters. The molecule has 1 heterocycles. The Balaban J connectivity index is 2.60. The van der Waals surface area contributed by atoms with Crippen molar-refractivity contribution in [3.63, 3.8) is 0 Å². The van der Waals surface area contributed by atoms with E-state index in [2.05, 4.69) is 5.10 Å². The van der Waals surface area contributed by atoms with Gasteiger partial charge in [-0.25, -0.2) is 4.68 Å². The molecule has 0 fully saturated rings. The lowest BCUT2D eigenvalue weighted by Crippen LogP contribution is -2.14. The van der Waals surface area contributed by atoms with Gasteiger partial charge in [0.15, 0.2) is 0 Å². The monoisotopic (exact) mass is 283 g/mol. The highest BCUT2D eigenvalue weighted by Crippen LogP contribution is 2.35. The predicted molar refractivity (Wildman–Crippen MR) is 70.8 cm³/mol. The van der Waals surface area contributed by atoms with Crippen LogP contribution in [0, 0.1) is 13.8 Å². The van der Waals surface area contributed by atoms with E-state index in [4.69, 9.17) is 5.73 Å². The lowest BCUT2D eigenvalue weighted by atomic mass is 10.1. The Hall–Kier alpha value is -1.82. The maximum Gasteiger partial charge on any atom is 0.418 e. The summed E-state index contributed by atoms with van der Waals surface area (Å²) in [6, 6.07) is 6.01. The van der Waals surface area contributed by atoms with Gasteiger partial charge in [-0.3, -0.25) is 0 Å². The fourth-order valence-corrected chi connectivity index (χ4v) is 2.19. The normalized spacial score (nSPS) is 11.9. The van der Waals surface area contributed by atoms with Crippen LogP contribution in [0.2, 0.25) is 0 Å². The average molecular weight is 283 g/mol. The lowest BCUT2D eigenvalue weighted by Gasteiger charge is -2.15. The van der Waals surface area contributed by atoms with Gasteiger partial charge >= 0.3 is 6.18 Å². The highest BCUT2D eigenvalue weighted by Gasteiger charge is 2.34. The number of hydrogen-bond acceptors (Lipinski definition) is 2. The van der Waals surface area contributed by atoms with Crippen molar-refractivity contribution in [2.75, 3.05) is 6.54 Å². The van der Waals surface area contributed by atoms with Crippen LogP contribution in [-0.2, 0) is 12.6 Å². The maximum atomic E-state index is 13.2. The standard InChI is InChI=1S/C14H16F3N3/c1-9-7-10(2)20(19-9)13-4-3-11(5-6-18)8-12(13)14(15,16)17/h3-4,7-8H,5-6,18H2,1-2H3. The quantitative estimate of drug-likeness (QED) is 0.941. The van der Waals surface area contributed by atoms with E-state index in [-0.39, 0.29) is 5.69 Å². The van der Waals surface area contributed by atoms with E-state index in [9.17, 15) is 13.2 Å². The van der Waals surface area contributed by atoms with Crippen LogP contribution in [0.25, 0.3) is 5.69 Å². The summed E-state index contributed by atoms with van der Waals surface area (Å²) in [6.45, 7) is 3.80. The Bertz CT molecular complexity index is 615. The summed E-state index contributed by atoms with van der Waals surface area (Å²) in [4.78, 5) is 0. The van der Waals surface area contributed by atoms with Gasteiger partial charge in [0.05, 0.1) is 16.9 Å². The van der Waals surface area contributed by atoms with Crippen LogP contribution in [0.15, 0.2) is 24.3 Å².